The summed E-state index contributed by atoms with van der Waals surface area (Å²) in [5.41, 5.74) is 0.837. The number of hydrogen-bond acceptors (Lipinski definition) is 6. The third-order valence-corrected chi connectivity index (χ3v) is 12.1. The van der Waals surface area contributed by atoms with E-state index < -0.39 is 0 Å². The van der Waals surface area contributed by atoms with Crippen LogP contribution in [0.4, 0.5) is 0 Å². The quantitative estimate of drug-likeness (QED) is 0.0808. The van der Waals surface area contributed by atoms with Gasteiger partial charge in [0.05, 0.1) is 51.3 Å². The lowest BCUT2D eigenvalue weighted by molar-refractivity contribution is 0.710. The van der Waals surface area contributed by atoms with Crippen molar-refractivity contribution < 1.29 is 0 Å². The van der Waals surface area contributed by atoms with Crippen LogP contribution in [-0.2, 0) is 12.8 Å². The Hall–Kier alpha value is -0.380. The van der Waals surface area contributed by atoms with Crippen molar-refractivity contribution in [1.82, 2.24) is 20.4 Å². The summed E-state index contributed by atoms with van der Waals surface area (Å²) in [6.45, 7) is 4.30. The molecule has 2 aromatic heterocycles. The van der Waals surface area contributed by atoms with Crippen LogP contribution < -0.4 is 0 Å². The zero-order valence-corrected chi connectivity index (χ0v) is 30.0. The van der Waals surface area contributed by atoms with Gasteiger partial charge in [-0.25, -0.2) is 0 Å². The number of aromatic nitrogens is 4. The summed E-state index contributed by atoms with van der Waals surface area (Å²) < 4.78 is 0. The summed E-state index contributed by atoms with van der Waals surface area (Å²) in [5, 5.41) is 23.0. The molecule has 0 spiro atoms. The SMILES string of the molecule is CCCCCc1nnc(-c2c(Cl)c(Cl)c3c(Cl)c4c(Cl)c(-c5nnc(CCCCC)s5)c(Cl)c(Cl)c4c(Cl)c3c2Cl)s1. The average molecular weight is 762 g/mol. The Morgan fingerprint density at radius 1 is 0.429 bits per heavy atom. The maximum absolute atomic E-state index is 7.04. The smallest absolute Gasteiger partial charge is 0.143 e. The fraction of sp³-hybridized carbons (Fsp3) is 0.357. The molecule has 0 aliphatic heterocycles. The first-order chi connectivity index (χ1) is 20.1. The molecule has 2 heterocycles. The highest BCUT2D eigenvalue weighted by Gasteiger charge is 2.30. The second-order valence-electron chi connectivity index (χ2n) is 9.68. The Morgan fingerprint density at radius 3 is 1.14 bits per heavy atom. The molecule has 0 radical (unpaired) electrons. The molecule has 0 atom stereocenters. The van der Waals surface area contributed by atoms with Crippen molar-refractivity contribution >= 4 is 137 Å². The van der Waals surface area contributed by atoms with Gasteiger partial charge in [-0.1, -0.05) is 155 Å². The molecule has 0 bridgehead atoms. The highest BCUT2D eigenvalue weighted by atomic mass is 35.5. The minimum atomic E-state index is 0.153. The van der Waals surface area contributed by atoms with Gasteiger partial charge in [-0.05, 0) is 12.8 Å². The summed E-state index contributed by atoms with van der Waals surface area (Å²) in [5.74, 6) is 0. The molecule has 5 aromatic rings. The molecule has 0 aliphatic carbocycles. The lowest BCUT2D eigenvalue weighted by atomic mass is 9.99. The predicted molar refractivity (Wildman–Crippen MR) is 186 cm³/mol. The molecular formula is C28H22Cl8N4S2. The minimum Gasteiger partial charge on any atom is -0.143 e. The van der Waals surface area contributed by atoms with E-state index in [4.69, 9.17) is 92.8 Å². The normalized spacial score (nSPS) is 11.9. The molecule has 4 nitrogen and oxygen atoms in total. The second-order valence-corrected chi connectivity index (χ2v) is 14.8. The van der Waals surface area contributed by atoms with Gasteiger partial charge in [0.25, 0.3) is 0 Å². The molecule has 0 aliphatic rings. The summed E-state index contributed by atoms with van der Waals surface area (Å²) in [7, 11) is 0. The molecule has 0 unspecified atom stereocenters. The third-order valence-electron chi connectivity index (χ3n) is 6.87. The summed E-state index contributed by atoms with van der Waals surface area (Å²) >= 11 is 58.3. The summed E-state index contributed by atoms with van der Waals surface area (Å²) in [4.78, 5) is 0. The first-order valence-corrected chi connectivity index (χ1v) is 17.9. The largest absolute Gasteiger partial charge is 0.150 e. The van der Waals surface area contributed by atoms with Crippen LogP contribution in [0.25, 0.3) is 42.7 Å². The Bertz CT molecular complexity index is 1690. The van der Waals surface area contributed by atoms with E-state index in [1.54, 1.807) is 0 Å². The Labute approximate surface area is 291 Å². The van der Waals surface area contributed by atoms with Gasteiger partial charge in [-0.2, -0.15) is 0 Å². The number of benzene rings is 3. The van der Waals surface area contributed by atoms with E-state index in [-0.39, 0.29) is 40.2 Å². The first-order valence-electron chi connectivity index (χ1n) is 13.2. The van der Waals surface area contributed by atoms with Crippen molar-refractivity contribution in [3.63, 3.8) is 0 Å². The van der Waals surface area contributed by atoms with Gasteiger partial charge in [-0.15, -0.1) is 20.4 Å². The molecule has 0 saturated heterocycles. The standard InChI is InChI=1S/C28H22Cl8N4S2/c1-3-5-7-9-11-37-39-27(41-11)17-21(31)13-15(23(33)25(17)35)20(30)14-16(19(13)29)24(34)26(36)18(22(14)32)28-40-38-12(42-28)10-8-6-4-2/h3-10H2,1-2H3. The second kappa shape index (κ2) is 13.9. The van der Waals surface area contributed by atoms with E-state index in [0.29, 0.717) is 42.7 Å². The van der Waals surface area contributed by atoms with Crippen LogP contribution in [0.3, 0.4) is 0 Å². The average Bonchev–Trinajstić information content (AvgIpc) is 3.62. The maximum atomic E-state index is 7.04. The van der Waals surface area contributed by atoms with Crippen LogP contribution in [0, 0.1) is 0 Å². The highest BCUT2D eigenvalue weighted by Crippen LogP contribution is 2.57. The van der Waals surface area contributed by atoms with Gasteiger partial charge in [0, 0.05) is 34.4 Å². The van der Waals surface area contributed by atoms with Gasteiger partial charge < -0.3 is 0 Å². The Balaban J connectivity index is 1.73. The predicted octanol–water partition coefficient (Wildman–Crippen LogP) is 13.7. The van der Waals surface area contributed by atoms with E-state index >= 15 is 0 Å². The van der Waals surface area contributed by atoms with Gasteiger partial charge >= 0.3 is 0 Å². The van der Waals surface area contributed by atoms with E-state index in [1.165, 1.54) is 22.7 Å². The zero-order chi connectivity index (χ0) is 30.3. The Kier molecular flexibility index (Phi) is 11.0. The van der Waals surface area contributed by atoms with E-state index in [1.807, 2.05) is 0 Å². The van der Waals surface area contributed by atoms with Crippen molar-refractivity contribution in [3.05, 3.63) is 50.2 Å². The number of hydrogen-bond donors (Lipinski definition) is 0. The maximum Gasteiger partial charge on any atom is 0.150 e. The molecule has 0 amide bonds. The number of rotatable bonds is 10. The van der Waals surface area contributed by atoms with Crippen LogP contribution in [0.2, 0.25) is 40.2 Å². The fourth-order valence-corrected chi connectivity index (χ4v) is 9.75. The number of halogens is 8. The van der Waals surface area contributed by atoms with Gasteiger partial charge in [0.15, 0.2) is 10.0 Å². The number of aryl methyl sites for hydroxylation is 2. The van der Waals surface area contributed by atoms with Crippen molar-refractivity contribution in [3.8, 4) is 21.1 Å². The molecule has 14 heteroatoms. The number of nitrogens with zero attached hydrogens (tertiary/aromatic N) is 4. The van der Waals surface area contributed by atoms with Crippen LogP contribution in [0.1, 0.15) is 62.4 Å². The molecule has 222 valence electrons. The molecule has 5 rings (SSSR count). The first kappa shape index (κ1) is 33.0. The summed E-state index contributed by atoms with van der Waals surface area (Å²) in [6.07, 6.45) is 8.06. The van der Waals surface area contributed by atoms with Gasteiger partial charge in [0.2, 0.25) is 0 Å². The van der Waals surface area contributed by atoms with Crippen molar-refractivity contribution in [1.29, 1.82) is 0 Å². The van der Waals surface area contributed by atoms with Crippen molar-refractivity contribution in [2.24, 2.45) is 0 Å². The van der Waals surface area contributed by atoms with Gasteiger partial charge in [0.1, 0.15) is 10.0 Å². The van der Waals surface area contributed by atoms with Crippen LogP contribution >= 0.6 is 115 Å². The van der Waals surface area contributed by atoms with E-state index in [0.717, 1.165) is 61.4 Å². The topological polar surface area (TPSA) is 51.6 Å². The van der Waals surface area contributed by atoms with Crippen LogP contribution in [0.15, 0.2) is 0 Å². The summed E-state index contributed by atoms with van der Waals surface area (Å²) in [6, 6.07) is 0. The molecule has 0 saturated carbocycles. The lowest BCUT2D eigenvalue weighted by Gasteiger charge is -2.19. The van der Waals surface area contributed by atoms with Gasteiger partial charge in [-0.3, -0.25) is 0 Å². The molecule has 0 N–H and O–H groups in total. The monoisotopic (exact) mass is 758 g/mol. The minimum absolute atomic E-state index is 0.153. The Morgan fingerprint density at radius 2 is 0.786 bits per heavy atom. The fourth-order valence-electron chi connectivity index (χ4n) is 4.73. The molecule has 42 heavy (non-hydrogen) atoms. The van der Waals surface area contributed by atoms with Crippen molar-refractivity contribution in [2.45, 2.75) is 65.2 Å². The number of fused-ring (bicyclic) bond motifs is 2. The molecule has 0 fully saturated rings. The molecule has 3 aromatic carbocycles. The third kappa shape index (κ3) is 5.95. The highest BCUT2D eigenvalue weighted by molar-refractivity contribution is 7.15. The van der Waals surface area contributed by atoms with Crippen molar-refractivity contribution in [2.75, 3.05) is 0 Å². The number of unbranched alkanes of at least 4 members (excludes halogenated alkanes) is 4. The van der Waals surface area contributed by atoms with E-state index in [9.17, 15) is 0 Å². The molecular weight excluding hydrogens is 740 g/mol. The van der Waals surface area contributed by atoms with Crippen LogP contribution in [0.5, 0.6) is 0 Å². The lowest BCUT2D eigenvalue weighted by Crippen LogP contribution is -1.94. The van der Waals surface area contributed by atoms with E-state index in [2.05, 4.69) is 34.2 Å². The zero-order valence-electron chi connectivity index (χ0n) is 22.3. The van der Waals surface area contributed by atoms with Crippen LogP contribution in [-0.4, -0.2) is 20.4 Å².